The molecule has 0 fully saturated rings. The molecule has 0 aromatic carbocycles. The highest BCUT2D eigenvalue weighted by Gasteiger charge is 2.07. The van der Waals surface area contributed by atoms with Crippen LogP contribution in [0.3, 0.4) is 0 Å². The van der Waals surface area contributed by atoms with Crippen LogP contribution >= 0.6 is 0 Å². The van der Waals surface area contributed by atoms with Crippen molar-refractivity contribution in [3.8, 4) is 0 Å². The molecule has 14 heavy (non-hydrogen) atoms. The zero-order valence-electron chi connectivity index (χ0n) is 8.53. The maximum atomic E-state index is 5.66. The van der Waals surface area contributed by atoms with E-state index < -0.39 is 0 Å². The van der Waals surface area contributed by atoms with Crippen LogP contribution in [0.4, 0.5) is 0 Å². The van der Waals surface area contributed by atoms with Gasteiger partial charge in [0.1, 0.15) is 0 Å². The molecule has 3 nitrogen and oxygen atoms in total. The first-order valence-corrected chi connectivity index (χ1v) is 4.75. The van der Waals surface area contributed by atoms with Crippen LogP contribution in [0.15, 0.2) is 31.0 Å². The molecule has 3 heteroatoms. The third-order valence-electron chi connectivity index (χ3n) is 2.08. The monoisotopic (exact) mass is 191 g/mol. The standard InChI is InChI=1S/C11H17N3/c1-3-6-13-11(7-12)10-5-4-9(2)14-8-10/h3-5,8,11,13H,1,6-7,12H2,2H3. The Morgan fingerprint density at radius 1 is 1.64 bits per heavy atom. The number of pyridine rings is 1. The van der Waals surface area contributed by atoms with E-state index >= 15 is 0 Å². The fraction of sp³-hybridized carbons (Fsp3) is 0.364. The summed E-state index contributed by atoms with van der Waals surface area (Å²) < 4.78 is 0. The molecule has 1 aromatic rings. The van der Waals surface area contributed by atoms with Crippen LogP contribution in [0.1, 0.15) is 17.3 Å². The van der Waals surface area contributed by atoms with E-state index in [-0.39, 0.29) is 6.04 Å². The van der Waals surface area contributed by atoms with E-state index in [1.165, 1.54) is 0 Å². The van der Waals surface area contributed by atoms with Gasteiger partial charge < -0.3 is 11.1 Å². The Hall–Kier alpha value is -1.19. The summed E-state index contributed by atoms with van der Waals surface area (Å²) >= 11 is 0. The molecule has 0 saturated carbocycles. The third kappa shape index (κ3) is 2.94. The van der Waals surface area contributed by atoms with Crippen LogP contribution in [-0.2, 0) is 0 Å². The number of hydrogen-bond donors (Lipinski definition) is 2. The first kappa shape index (κ1) is 10.9. The molecule has 1 aromatic heterocycles. The largest absolute Gasteiger partial charge is 0.329 e. The summed E-state index contributed by atoms with van der Waals surface area (Å²) in [5.41, 5.74) is 7.81. The molecular formula is C11H17N3. The number of rotatable bonds is 5. The number of aromatic nitrogens is 1. The van der Waals surface area contributed by atoms with Crippen molar-refractivity contribution in [3.05, 3.63) is 42.2 Å². The van der Waals surface area contributed by atoms with Gasteiger partial charge in [0.2, 0.25) is 0 Å². The zero-order chi connectivity index (χ0) is 10.4. The van der Waals surface area contributed by atoms with Crippen molar-refractivity contribution in [2.75, 3.05) is 13.1 Å². The summed E-state index contributed by atoms with van der Waals surface area (Å²) in [5.74, 6) is 0. The highest BCUT2D eigenvalue weighted by atomic mass is 14.9. The van der Waals surface area contributed by atoms with Crippen LogP contribution in [0.25, 0.3) is 0 Å². The smallest absolute Gasteiger partial charge is 0.0462 e. The van der Waals surface area contributed by atoms with E-state index in [1.54, 1.807) is 0 Å². The van der Waals surface area contributed by atoms with Crippen LogP contribution in [0, 0.1) is 6.92 Å². The van der Waals surface area contributed by atoms with Crippen molar-refractivity contribution in [3.63, 3.8) is 0 Å². The fourth-order valence-corrected chi connectivity index (χ4v) is 1.25. The third-order valence-corrected chi connectivity index (χ3v) is 2.08. The minimum absolute atomic E-state index is 0.168. The summed E-state index contributed by atoms with van der Waals surface area (Å²) in [6.45, 7) is 6.95. The molecule has 0 radical (unpaired) electrons. The molecule has 0 amide bonds. The molecule has 0 aliphatic heterocycles. The van der Waals surface area contributed by atoms with E-state index in [9.17, 15) is 0 Å². The highest BCUT2D eigenvalue weighted by Crippen LogP contribution is 2.10. The van der Waals surface area contributed by atoms with Crippen molar-refractivity contribution in [1.82, 2.24) is 10.3 Å². The van der Waals surface area contributed by atoms with Crippen LogP contribution in [0.5, 0.6) is 0 Å². The van der Waals surface area contributed by atoms with Crippen molar-refractivity contribution >= 4 is 0 Å². The minimum atomic E-state index is 0.168. The molecule has 3 N–H and O–H groups in total. The molecule has 0 spiro atoms. The molecule has 76 valence electrons. The van der Waals surface area contributed by atoms with Gasteiger partial charge in [0, 0.05) is 31.0 Å². The summed E-state index contributed by atoms with van der Waals surface area (Å²) in [6, 6.07) is 4.21. The lowest BCUT2D eigenvalue weighted by molar-refractivity contribution is 0.575. The van der Waals surface area contributed by atoms with Crippen molar-refractivity contribution in [2.24, 2.45) is 5.73 Å². The summed E-state index contributed by atoms with van der Waals surface area (Å²) in [4.78, 5) is 4.23. The van der Waals surface area contributed by atoms with Crippen LogP contribution < -0.4 is 11.1 Å². The molecule has 1 heterocycles. The van der Waals surface area contributed by atoms with E-state index in [0.29, 0.717) is 6.54 Å². The molecule has 1 unspecified atom stereocenters. The second kappa shape index (κ2) is 5.52. The van der Waals surface area contributed by atoms with Gasteiger partial charge in [-0.1, -0.05) is 12.1 Å². The highest BCUT2D eigenvalue weighted by molar-refractivity contribution is 5.17. The van der Waals surface area contributed by atoms with Gasteiger partial charge in [0.15, 0.2) is 0 Å². The Bertz CT molecular complexity index is 279. The van der Waals surface area contributed by atoms with Crippen LogP contribution in [0.2, 0.25) is 0 Å². The van der Waals surface area contributed by atoms with E-state index in [4.69, 9.17) is 5.73 Å². The fourth-order valence-electron chi connectivity index (χ4n) is 1.25. The van der Waals surface area contributed by atoms with Crippen LogP contribution in [-0.4, -0.2) is 18.1 Å². The number of aryl methyl sites for hydroxylation is 1. The maximum Gasteiger partial charge on any atom is 0.0462 e. The van der Waals surface area contributed by atoms with Gasteiger partial charge in [-0.3, -0.25) is 4.98 Å². The molecular weight excluding hydrogens is 174 g/mol. The molecule has 0 aliphatic rings. The first-order chi connectivity index (χ1) is 6.77. The van der Waals surface area contributed by atoms with Crippen molar-refractivity contribution < 1.29 is 0 Å². The second-order valence-electron chi connectivity index (χ2n) is 3.22. The zero-order valence-corrected chi connectivity index (χ0v) is 8.53. The SMILES string of the molecule is C=CCNC(CN)c1ccc(C)nc1. The van der Waals surface area contributed by atoms with Gasteiger partial charge >= 0.3 is 0 Å². The predicted octanol–water partition coefficient (Wildman–Crippen LogP) is 1.17. The van der Waals surface area contributed by atoms with E-state index in [2.05, 4.69) is 22.9 Å². The second-order valence-corrected chi connectivity index (χ2v) is 3.22. The number of nitrogens with two attached hydrogens (primary N) is 1. The van der Waals surface area contributed by atoms with Gasteiger partial charge in [-0.05, 0) is 18.6 Å². The van der Waals surface area contributed by atoms with Gasteiger partial charge in [0.25, 0.3) is 0 Å². The molecule has 1 atom stereocenters. The van der Waals surface area contributed by atoms with Gasteiger partial charge in [-0.2, -0.15) is 0 Å². The molecule has 1 rings (SSSR count). The molecule has 0 bridgehead atoms. The average Bonchev–Trinajstić information content (AvgIpc) is 2.21. The van der Waals surface area contributed by atoms with Crippen molar-refractivity contribution in [1.29, 1.82) is 0 Å². The molecule has 0 saturated heterocycles. The lowest BCUT2D eigenvalue weighted by atomic mass is 10.1. The molecule has 0 aliphatic carbocycles. The van der Waals surface area contributed by atoms with E-state index in [0.717, 1.165) is 17.8 Å². The summed E-state index contributed by atoms with van der Waals surface area (Å²) in [6.07, 6.45) is 3.69. The Morgan fingerprint density at radius 2 is 2.43 bits per heavy atom. The number of nitrogens with one attached hydrogen (secondary N) is 1. The summed E-state index contributed by atoms with van der Waals surface area (Å²) in [7, 11) is 0. The van der Waals surface area contributed by atoms with Gasteiger partial charge in [-0.25, -0.2) is 0 Å². The average molecular weight is 191 g/mol. The quantitative estimate of drug-likeness (QED) is 0.687. The number of hydrogen-bond acceptors (Lipinski definition) is 3. The van der Waals surface area contributed by atoms with Crippen molar-refractivity contribution in [2.45, 2.75) is 13.0 Å². The Kier molecular flexibility index (Phi) is 4.29. The topological polar surface area (TPSA) is 50.9 Å². The summed E-state index contributed by atoms with van der Waals surface area (Å²) in [5, 5.41) is 3.27. The normalized spacial score (nSPS) is 12.4. The maximum absolute atomic E-state index is 5.66. The lowest BCUT2D eigenvalue weighted by Gasteiger charge is -2.15. The Labute approximate surface area is 85.0 Å². The lowest BCUT2D eigenvalue weighted by Crippen LogP contribution is -2.28. The Morgan fingerprint density at radius 3 is 2.93 bits per heavy atom. The van der Waals surface area contributed by atoms with E-state index in [1.807, 2.05) is 25.3 Å². The predicted molar refractivity (Wildman–Crippen MR) is 59.0 cm³/mol. The minimum Gasteiger partial charge on any atom is -0.329 e. The van der Waals surface area contributed by atoms with Gasteiger partial charge in [-0.15, -0.1) is 6.58 Å². The van der Waals surface area contributed by atoms with Gasteiger partial charge in [0.05, 0.1) is 0 Å². The first-order valence-electron chi connectivity index (χ1n) is 4.75. The Balaban J connectivity index is 2.68. The number of nitrogens with zero attached hydrogens (tertiary/aromatic N) is 1.